The van der Waals surface area contributed by atoms with Crippen LogP contribution < -0.4 is 4.74 Å². The molecule has 0 saturated heterocycles. The molecule has 14 heavy (non-hydrogen) atoms. The van der Waals surface area contributed by atoms with Gasteiger partial charge in [-0.25, -0.2) is 13.8 Å². The molecular weight excluding hydrogens is 219 g/mol. The van der Waals surface area contributed by atoms with E-state index in [9.17, 15) is 13.2 Å². The van der Waals surface area contributed by atoms with Gasteiger partial charge in [0.15, 0.2) is 0 Å². The molecule has 1 aromatic rings. The first-order chi connectivity index (χ1) is 6.60. The first-order valence-corrected chi connectivity index (χ1v) is 4.21. The SMILES string of the molecule is COc1cc(C(F)F)c(F)nc1CCl. The van der Waals surface area contributed by atoms with E-state index in [2.05, 4.69) is 4.98 Å². The van der Waals surface area contributed by atoms with Crippen molar-refractivity contribution < 1.29 is 17.9 Å². The monoisotopic (exact) mass is 225 g/mol. The fraction of sp³-hybridized carbons (Fsp3) is 0.375. The third kappa shape index (κ3) is 2.09. The van der Waals surface area contributed by atoms with Crippen LogP contribution in [0.5, 0.6) is 5.75 Å². The second-order valence-electron chi connectivity index (χ2n) is 2.45. The van der Waals surface area contributed by atoms with Crippen molar-refractivity contribution in [1.29, 1.82) is 0 Å². The molecule has 0 spiro atoms. The highest BCUT2D eigenvalue weighted by Gasteiger charge is 2.18. The predicted molar refractivity (Wildman–Crippen MR) is 45.3 cm³/mol. The number of ether oxygens (including phenoxy) is 1. The third-order valence-corrected chi connectivity index (χ3v) is 1.88. The molecule has 6 heteroatoms. The lowest BCUT2D eigenvalue weighted by atomic mass is 10.2. The van der Waals surface area contributed by atoms with E-state index < -0.39 is 17.9 Å². The van der Waals surface area contributed by atoms with Crippen LogP contribution in [0.1, 0.15) is 17.7 Å². The van der Waals surface area contributed by atoms with Crippen LogP contribution in [0.3, 0.4) is 0 Å². The van der Waals surface area contributed by atoms with Crippen LogP contribution in [0.15, 0.2) is 6.07 Å². The Kier molecular flexibility index (Phi) is 3.57. The van der Waals surface area contributed by atoms with Gasteiger partial charge in [-0.2, -0.15) is 4.39 Å². The lowest BCUT2D eigenvalue weighted by molar-refractivity contribution is 0.144. The summed E-state index contributed by atoms with van der Waals surface area (Å²) in [6.45, 7) is 0. The van der Waals surface area contributed by atoms with E-state index in [1.807, 2.05) is 0 Å². The van der Waals surface area contributed by atoms with Gasteiger partial charge >= 0.3 is 0 Å². The highest BCUT2D eigenvalue weighted by atomic mass is 35.5. The van der Waals surface area contributed by atoms with E-state index in [1.54, 1.807) is 0 Å². The molecule has 78 valence electrons. The number of alkyl halides is 3. The van der Waals surface area contributed by atoms with Gasteiger partial charge in [0.2, 0.25) is 5.95 Å². The summed E-state index contributed by atoms with van der Waals surface area (Å²) in [4.78, 5) is 3.28. The molecule has 1 heterocycles. The summed E-state index contributed by atoms with van der Waals surface area (Å²) in [7, 11) is 1.28. The molecule has 1 rings (SSSR count). The second kappa shape index (κ2) is 4.50. The van der Waals surface area contributed by atoms with Crippen molar-refractivity contribution in [2.75, 3.05) is 7.11 Å². The van der Waals surface area contributed by atoms with Crippen molar-refractivity contribution in [1.82, 2.24) is 4.98 Å². The van der Waals surface area contributed by atoms with Gasteiger partial charge < -0.3 is 4.74 Å². The molecule has 0 fully saturated rings. The van der Waals surface area contributed by atoms with Crippen LogP contribution in [-0.4, -0.2) is 12.1 Å². The molecule has 2 nitrogen and oxygen atoms in total. The zero-order chi connectivity index (χ0) is 10.7. The number of hydrogen-bond acceptors (Lipinski definition) is 2. The minimum atomic E-state index is -2.92. The van der Waals surface area contributed by atoms with Gasteiger partial charge in [0.25, 0.3) is 6.43 Å². The van der Waals surface area contributed by atoms with Crippen molar-refractivity contribution in [3.05, 3.63) is 23.3 Å². The summed E-state index contributed by atoms with van der Waals surface area (Å²) in [6, 6.07) is 0.907. The average molecular weight is 226 g/mol. The van der Waals surface area contributed by atoms with Gasteiger partial charge in [0, 0.05) is 0 Å². The van der Waals surface area contributed by atoms with Crippen molar-refractivity contribution in [2.24, 2.45) is 0 Å². The molecule has 1 aromatic heterocycles. The number of hydrogen-bond donors (Lipinski definition) is 0. The molecular formula is C8H7ClF3NO. The lowest BCUT2D eigenvalue weighted by Gasteiger charge is -2.08. The molecule has 0 aliphatic carbocycles. The van der Waals surface area contributed by atoms with Gasteiger partial charge in [-0.15, -0.1) is 11.6 Å². The Hall–Kier alpha value is -0.970. The largest absolute Gasteiger partial charge is 0.495 e. The van der Waals surface area contributed by atoms with E-state index in [0.29, 0.717) is 0 Å². The van der Waals surface area contributed by atoms with Crippen molar-refractivity contribution in [3.8, 4) is 5.75 Å². The summed E-state index contributed by atoms with van der Waals surface area (Å²) in [5.41, 5.74) is -0.674. The third-order valence-electron chi connectivity index (χ3n) is 1.62. The van der Waals surface area contributed by atoms with Gasteiger partial charge in [-0.1, -0.05) is 0 Å². The fourth-order valence-electron chi connectivity index (χ4n) is 0.948. The Bertz CT molecular complexity index is 333. The molecule has 0 bridgehead atoms. The normalized spacial score (nSPS) is 10.7. The Morgan fingerprint density at radius 3 is 2.64 bits per heavy atom. The van der Waals surface area contributed by atoms with Crippen molar-refractivity contribution >= 4 is 11.6 Å². The molecule has 0 radical (unpaired) electrons. The molecule has 0 unspecified atom stereocenters. The lowest BCUT2D eigenvalue weighted by Crippen LogP contribution is -2.01. The highest BCUT2D eigenvalue weighted by Crippen LogP contribution is 2.27. The predicted octanol–water partition coefficient (Wildman–Crippen LogP) is 2.91. The van der Waals surface area contributed by atoms with Crippen LogP contribution in [0.2, 0.25) is 0 Å². The van der Waals surface area contributed by atoms with Gasteiger partial charge in [-0.05, 0) is 6.07 Å². The minimum Gasteiger partial charge on any atom is -0.495 e. The van der Waals surface area contributed by atoms with E-state index in [-0.39, 0.29) is 17.3 Å². The van der Waals surface area contributed by atoms with Gasteiger partial charge in [0.05, 0.1) is 18.6 Å². The molecule has 0 saturated carbocycles. The first-order valence-electron chi connectivity index (χ1n) is 3.67. The number of aromatic nitrogens is 1. The van der Waals surface area contributed by atoms with E-state index >= 15 is 0 Å². The number of nitrogens with zero attached hydrogens (tertiary/aromatic N) is 1. The Morgan fingerprint density at radius 2 is 2.21 bits per heavy atom. The van der Waals surface area contributed by atoms with Crippen LogP contribution in [-0.2, 0) is 5.88 Å². The molecule has 0 amide bonds. The quantitative estimate of drug-likeness (QED) is 0.583. The number of pyridine rings is 1. The smallest absolute Gasteiger partial charge is 0.268 e. The van der Waals surface area contributed by atoms with E-state index in [4.69, 9.17) is 16.3 Å². The van der Waals surface area contributed by atoms with Crippen molar-refractivity contribution in [2.45, 2.75) is 12.3 Å². The number of methoxy groups -OCH3 is 1. The van der Waals surface area contributed by atoms with Gasteiger partial charge in [0.1, 0.15) is 11.4 Å². The maximum absolute atomic E-state index is 12.9. The molecule has 0 aromatic carbocycles. The Balaban J connectivity index is 3.23. The van der Waals surface area contributed by atoms with Crippen LogP contribution in [0.4, 0.5) is 13.2 Å². The summed E-state index contributed by atoms with van der Waals surface area (Å²) < 4.78 is 42.1. The summed E-state index contributed by atoms with van der Waals surface area (Å²) in [6.07, 6.45) is -2.92. The number of halogens is 4. The highest BCUT2D eigenvalue weighted by molar-refractivity contribution is 6.17. The molecule has 0 N–H and O–H groups in total. The molecule has 0 atom stereocenters. The van der Waals surface area contributed by atoms with Crippen LogP contribution >= 0.6 is 11.6 Å². The van der Waals surface area contributed by atoms with Crippen molar-refractivity contribution in [3.63, 3.8) is 0 Å². The van der Waals surface area contributed by atoms with Crippen LogP contribution in [0, 0.1) is 5.95 Å². The van der Waals surface area contributed by atoms with Gasteiger partial charge in [-0.3, -0.25) is 0 Å². The zero-order valence-electron chi connectivity index (χ0n) is 7.23. The first kappa shape index (κ1) is 11.1. The maximum Gasteiger partial charge on any atom is 0.268 e. The number of rotatable bonds is 3. The Labute approximate surface area is 83.7 Å². The standard InChI is InChI=1S/C8H7ClF3NO/c1-14-6-2-4(7(10)11)8(12)13-5(6)3-9/h2,7H,3H2,1H3. The zero-order valence-corrected chi connectivity index (χ0v) is 7.99. The summed E-state index contributed by atoms with van der Waals surface area (Å²) >= 11 is 5.42. The molecule has 0 aliphatic rings. The molecule has 0 aliphatic heterocycles. The average Bonchev–Trinajstić information content (AvgIpc) is 2.16. The van der Waals surface area contributed by atoms with E-state index in [1.165, 1.54) is 7.11 Å². The second-order valence-corrected chi connectivity index (χ2v) is 2.72. The maximum atomic E-state index is 12.9. The topological polar surface area (TPSA) is 22.1 Å². The van der Waals surface area contributed by atoms with E-state index in [0.717, 1.165) is 6.07 Å². The summed E-state index contributed by atoms with van der Waals surface area (Å²) in [5, 5.41) is 0. The Morgan fingerprint density at radius 1 is 1.57 bits per heavy atom. The fourth-order valence-corrected chi connectivity index (χ4v) is 1.14. The summed E-state index contributed by atoms with van der Waals surface area (Å²) in [5.74, 6) is -1.24. The van der Waals surface area contributed by atoms with Crippen LogP contribution in [0.25, 0.3) is 0 Å². The minimum absolute atomic E-state index is 0.0664.